The molecule has 0 fully saturated rings. The lowest BCUT2D eigenvalue weighted by molar-refractivity contribution is -0.120. The maximum atomic E-state index is 12.9. The number of hydrogen-bond donors (Lipinski definition) is 1. The molecule has 0 spiro atoms. The Labute approximate surface area is 178 Å². The van der Waals surface area contributed by atoms with Crippen LogP contribution in [-0.2, 0) is 14.8 Å². The van der Waals surface area contributed by atoms with Crippen LogP contribution in [0.4, 0.5) is 5.69 Å². The van der Waals surface area contributed by atoms with Crippen LogP contribution < -0.4 is 19.1 Å². The molecule has 0 saturated heterocycles. The fourth-order valence-electron chi connectivity index (χ4n) is 3.57. The lowest BCUT2D eigenvalue weighted by Gasteiger charge is -2.38. The Balaban J connectivity index is 1.83. The highest BCUT2D eigenvalue weighted by molar-refractivity contribution is 7.92. The first-order chi connectivity index (χ1) is 14.0. The molecular weight excluding hydrogens is 404 g/mol. The van der Waals surface area contributed by atoms with E-state index < -0.39 is 15.6 Å². The number of aryl methyl sites for hydroxylation is 1. The minimum absolute atomic E-state index is 0.300. The standard InChI is InChI=1S/C22H28N2O5S/c1-15-6-8-16(9-7-15)24(30(5,26)27)14-21(25)23-19-13-22(2,3)29-20-12-17(28-4)10-11-18(19)20/h6-12,19H,13-14H2,1-5H3,(H,23,25). The number of carbonyl (C=O) groups is 1. The van der Waals surface area contributed by atoms with E-state index >= 15 is 0 Å². The fourth-order valence-corrected chi connectivity index (χ4v) is 4.43. The van der Waals surface area contributed by atoms with E-state index in [0.29, 0.717) is 23.6 Å². The summed E-state index contributed by atoms with van der Waals surface area (Å²) in [5.74, 6) is 0.930. The van der Waals surface area contributed by atoms with E-state index in [0.717, 1.165) is 21.7 Å². The van der Waals surface area contributed by atoms with E-state index in [1.807, 2.05) is 45.0 Å². The number of ether oxygens (including phenoxy) is 2. The van der Waals surface area contributed by atoms with Gasteiger partial charge in [-0.3, -0.25) is 9.10 Å². The summed E-state index contributed by atoms with van der Waals surface area (Å²) < 4.78 is 37.1. The summed E-state index contributed by atoms with van der Waals surface area (Å²) in [5.41, 5.74) is 1.80. The molecule has 0 saturated carbocycles. The van der Waals surface area contributed by atoms with Crippen molar-refractivity contribution in [3.05, 3.63) is 53.6 Å². The lowest BCUT2D eigenvalue weighted by atomic mass is 9.89. The summed E-state index contributed by atoms with van der Waals surface area (Å²) in [7, 11) is -2.04. The van der Waals surface area contributed by atoms with Crippen molar-refractivity contribution < 1.29 is 22.7 Å². The fraction of sp³-hybridized carbons (Fsp3) is 0.409. The highest BCUT2D eigenvalue weighted by Gasteiger charge is 2.35. The number of rotatable bonds is 6. The molecule has 1 heterocycles. The summed E-state index contributed by atoms with van der Waals surface area (Å²) >= 11 is 0. The third kappa shape index (κ3) is 5.05. The summed E-state index contributed by atoms with van der Waals surface area (Å²) in [6.07, 6.45) is 1.65. The molecule has 7 nitrogen and oxygen atoms in total. The first kappa shape index (κ1) is 22.0. The Bertz CT molecular complexity index is 1030. The van der Waals surface area contributed by atoms with Gasteiger partial charge in [-0.15, -0.1) is 0 Å². The molecule has 0 radical (unpaired) electrons. The molecule has 162 valence electrons. The van der Waals surface area contributed by atoms with E-state index in [-0.39, 0.29) is 18.5 Å². The number of methoxy groups -OCH3 is 1. The minimum atomic E-state index is -3.63. The number of nitrogens with one attached hydrogen (secondary N) is 1. The number of amides is 1. The average Bonchev–Trinajstić information content (AvgIpc) is 2.64. The second kappa shape index (κ2) is 8.18. The van der Waals surface area contributed by atoms with Crippen LogP contribution in [0.15, 0.2) is 42.5 Å². The number of hydrogen-bond acceptors (Lipinski definition) is 5. The largest absolute Gasteiger partial charge is 0.497 e. The third-order valence-corrected chi connectivity index (χ3v) is 6.16. The van der Waals surface area contributed by atoms with Gasteiger partial charge in [0.25, 0.3) is 0 Å². The summed E-state index contributed by atoms with van der Waals surface area (Å²) in [6.45, 7) is 5.51. The van der Waals surface area contributed by atoms with Crippen LogP contribution in [0.25, 0.3) is 0 Å². The van der Waals surface area contributed by atoms with Gasteiger partial charge in [-0.05, 0) is 45.0 Å². The SMILES string of the molecule is COc1ccc2c(c1)OC(C)(C)CC2NC(=O)CN(c1ccc(C)cc1)S(C)(=O)=O. The molecule has 8 heteroatoms. The first-order valence-corrected chi connectivity index (χ1v) is 11.5. The number of anilines is 1. The van der Waals surface area contributed by atoms with E-state index in [1.54, 1.807) is 25.3 Å². The highest BCUT2D eigenvalue weighted by Crippen LogP contribution is 2.41. The van der Waals surface area contributed by atoms with Crippen molar-refractivity contribution in [3.63, 3.8) is 0 Å². The van der Waals surface area contributed by atoms with Crippen LogP contribution in [0.3, 0.4) is 0 Å². The Hall–Kier alpha value is -2.74. The van der Waals surface area contributed by atoms with Gasteiger partial charge in [0.2, 0.25) is 15.9 Å². The molecule has 1 aliphatic heterocycles. The van der Waals surface area contributed by atoms with Gasteiger partial charge in [-0.25, -0.2) is 8.42 Å². The highest BCUT2D eigenvalue weighted by atomic mass is 32.2. The smallest absolute Gasteiger partial charge is 0.241 e. The Morgan fingerprint density at radius 1 is 1.23 bits per heavy atom. The number of fused-ring (bicyclic) bond motifs is 1. The molecular formula is C22H28N2O5S. The monoisotopic (exact) mass is 432 g/mol. The zero-order chi connectivity index (χ0) is 22.1. The molecule has 30 heavy (non-hydrogen) atoms. The van der Waals surface area contributed by atoms with Gasteiger partial charge in [-0.2, -0.15) is 0 Å². The van der Waals surface area contributed by atoms with Gasteiger partial charge in [0.1, 0.15) is 23.6 Å². The van der Waals surface area contributed by atoms with Gasteiger partial charge in [-0.1, -0.05) is 17.7 Å². The zero-order valence-electron chi connectivity index (χ0n) is 17.9. The predicted molar refractivity (Wildman–Crippen MR) is 117 cm³/mol. The molecule has 0 aromatic heterocycles. The Morgan fingerprint density at radius 2 is 1.90 bits per heavy atom. The van der Waals surface area contributed by atoms with E-state index in [2.05, 4.69) is 5.32 Å². The molecule has 1 atom stereocenters. The molecule has 2 aromatic carbocycles. The summed E-state index contributed by atoms with van der Waals surface area (Å²) in [5, 5.41) is 2.99. The topological polar surface area (TPSA) is 84.9 Å². The van der Waals surface area contributed by atoms with E-state index in [1.165, 1.54) is 0 Å². The summed E-state index contributed by atoms with van der Waals surface area (Å²) in [4.78, 5) is 12.9. The molecule has 0 bridgehead atoms. The minimum Gasteiger partial charge on any atom is -0.497 e. The van der Waals surface area contributed by atoms with Crippen LogP contribution in [-0.4, -0.2) is 39.8 Å². The van der Waals surface area contributed by atoms with Gasteiger partial charge in [0, 0.05) is 18.1 Å². The van der Waals surface area contributed by atoms with Gasteiger partial charge in [0.15, 0.2) is 0 Å². The molecule has 1 N–H and O–H groups in total. The number of nitrogens with zero attached hydrogens (tertiary/aromatic N) is 1. The normalized spacial score (nSPS) is 17.4. The second-order valence-electron chi connectivity index (χ2n) is 8.19. The van der Waals surface area contributed by atoms with Crippen molar-refractivity contribution in [2.75, 3.05) is 24.2 Å². The third-order valence-electron chi connectivity index (χ3n) is 5.02. The van der Waals surface area contributed by atoms with Crippen LogP contribution in [0.5, 0.6) is 11.5 Å². The lowest BCUT2D eigenvalue weighted by Crippen LogP contribution is -2.45. The first-order valence-electron chi connectivity index (χ1n) is 9.69. The van der Waals surface area contributed by atoms with Crippen molar-refractivity contribution in [2.45, 2.75) is 38.8 Å². The maximum absolute atomic E-state index is 12.9. The van der Waals surface area contributed by atoms with Crippen molar-refractivity contribution >= 4 is 21.6 Å². The van der Waals surface area contributed by atoms with Crippen molar-refractivity contribution in [2.24, 2.45) is 0 Å². The molecule has 3 rings (SSSR count). The van der Waals surface area contributed by atoms with Crippen molar-refractivity contribution in [3.8, 4) is 11.5 Å². The predicted octanol–water partition coefficient (Wildman–Crippen LogP) is 3.19. The zero-order valence-corrected chi connectivity index (χ0v) is 18.7. The quantitative estimate of drug-likeness (QED) is 0.758. The number of sulfonamides is 1. The van der Waals surface area contributed by atoms with Crippen molar-refractivity contribution in [1.82, 2.24) is 5.32 Å². The van der Waals surface area contributed by atoms with Crippen LogP contribution >= 0.6 is 0 Å². The number of benzene rings is 2. The van der Waals surface area contributed by atoms with Crippen molar-refractivity contribution in [1.29, 1.82) is 0 Å². The number of carbonyl (C=O) groups excluding carboxylic acids is 1. The summed E-state index contributed by atoms with van der Waals surface area (Å²) in [6, 6.07) is 12.2. The van der Waals surface area contributed by atoms with E-state index in [9.17, 15) is 13.2 Å². The van der Waals surface area contributed by atoms with Gasteiger partial charge >= 0.3 is 0 Å². The molecule has 1 amide bonds. The second-order valence-corrected chi connectivity index (χ2v) is 10.1. The van der Waals surface area contributed by atoms with E-state index in [4.69, 9.17) is 9.47 Å². The Morgan fingerprint density at radius 3 is 2.50 bits per heavy atom. The van der Waals surface area contributed by atoms with Crippen LogP contribution in [0, 0.1) is 6.92 Å². The average molecular weight is 433 g/mol. The molecule has 1 aliphatic rings. The Kier molecular flexibility index (Phi) is 5.99. The van der Waals surface area contributed by atoms with Crippen LogP contribution in [0.1, 0.15) is 37.4 Å². The molecule has 0 aliphatic carbocycles. The van der Waals surface area contributed by atoms with Crippen LogP contribution in [0.2, 0.25) is 0 Å². The van der Waals surface area contributed by atoms with Gasteiger partial charge < -0.3 is 14.8 Å². The maximum Gasteiger partial charge on any atom is 0.241 e. The molecule has 1 unspecified atom stereocenters. The van der Waals surface area contributed by atoms with Gasteiger partial charge in [0.05, 0.1) is 25.1 Å². The molecule has 2 aromatic rings.